The smallest absolute Gasteiger partial charge is 0.175 e. The van der Waals surface area contributed by atoms with Crippen molar-refractivity contribution in [1.82, 2.24) is 19.8 Å². The molecule has 110 valence electrons. The van der Waals surface area contributed by atoms with Gasteiger partial charge in [0.25, 0.3) is 0 Å². The molecule has 0 aliphatic carbocycles. The summed E-state index contributed by atoms with van der Waals surface area (Å²) in [5, 5.41) is 9.56. The maximum Gasteiger partial charge on any atom is 0.175 e. The maximum absolute atomic E-state index is 6.42. The van der Waals surface area contributed by atoms with E-state index in [9.17, 15) is 0 Å². The third kappa shape index (κ3) is 2.38. The Kier molecular flexibility index (Phi) is 3.17. The van der Waals surface area contributed by atoms with Crippen LogP contribution in [0.3, 0.4) is 0 Å². The molecule has 21 heavy (non-hydrogen) atoms. The van der Waals surface area contributed by atoms with E-state index in [0.717, 1.165) is 22.8 Å². The van der Waals surface area contributed by atoms with Gasteiger partial charge in [0.05, 0.1) is 12.8 Å². The van der Waals surface area contributed by atoms with Gasteiger partial charge >= 0.3 is 0 Å². The number of ether oxygens (including phenoxy) is 1. The highest BCUT2D eigenvalue weighted by atomic mass is 35.5. The number of hydrogen-bond donors (Lipinski definition) is 1. The van der Waals surface area contributed by atoms with Gasteiger partial charge in [-0.2, -0.15) is 5.10 Å². The van der Waals surface area contributed by atoms with Gasteiger partial charge in [0.15, 0.2) is 11.5 Å². The molecule has 6 heteroatoms. The highest BCUT2D eigenvalue weighted by Gasteiger charge is 2.25. The quantitative estimate of drug-likeness (QED) is 0.785. The molecule has 0 aliphatic heterocycles. The fraction of sp³-hybridized carbons (Fsp3) is 0.333. The lowest BCUT2D eigenvalue weighted by Gasteiger charge is -2.14. The molecule has 1 aromatic carbocycles. The van der Waals surface area contributed by atoms with Gasteiger partial charge in [-0.05, 0) is 24.3 Å². The van der Waals surface area contributed by atoms with E-state index in [-0.39, 0.29) is 5.41 Å². The number of hydrogen-bond acceptors (Lipinski definition) is 3. The minimum atomic E-state index is -0.119. The van der Waals surface area contributed by atoms with Crippen LogP contribution < -0.4 is 4.74 Å². The first-order valence-corrected chi connectivity index (χ1v) is 7.07. The number of halogens is 1. The molecule has 5 nitrogen and oxygen atoms in total. The Bertz CT molecular complexity index is 780. The van der Waals surface area contributed by atoms with Crippen molar-refractivity contribution in [3.05, 3.63) is 35.0 Å². The summed E-state index contributed by atoms with van der Waals surface area (Å²) in [6.07, 6.45) is 0. The first kappa shape index (κ1) is 13.9. The number of H-pyrrole nitrogens is 1. The zero-order valence-electron chi connectivity index (χ0n) is 12.4. The second-order valence-corrected chi connectivity index (χ2v) is 6.33. The van der Waals surface area contributed by atoms with Crippen molar-refractivity contribution < 1.29 is 4.74 Å². The predicted octanol–water partition coefficient (Wildman–Crippen LogP) is 3.68. The molecule has 0 saturated heterocycles. The molecule has 0 spiro atoms. The van der Waals surface area contributed by atoms with Crippen LogP contribution in [0.5, 0.6) is 5.75 Å². The Morgan fingerprint density at radius 1 is 1.14 bits per heavy atom. The Morgan fingerprint density at radius 2 is 1.81 bits per heavy atom. The van der Waals surface area contributed by atoms with Crippen LogP contribution in [-0.4, -0.2) is 26.9 Å². The van der Waals surface area contributed by atoms with Crippen LogP contribution in [0.4, 0.5) is 0 Å². The van der Waals surface area contributed by atoms with E-state index in [4.69, 9.17) is 16.3 Å². The molecule has 0 saturated carbocycles. The largest absolute Gasteiger partial charge is 0.497 e. The maximum atomic E-state index is 6.42. The van der Waals surface area contributed by atoms with Gasteiger partial charge in [0, 0.05) is 11.0 Å². The van der Waals surface area contributed by atoms with Crippen LogP contribution in [0.15, 0.2) is 24.3 Å². The molecule has 0 unspecified atom stereocenters. The third-order valence-electron chi connectivity index (χ3n) is 3.32. The SMILES string of the molecule is COc1ccc(-c2nn3nc(C(C)(C)C)c(Cl)c3[nH]2)cc1. The van der Waals surface area contributed by atoms with Crippen LogP contribution in [-0.2, 0) is 5.41 Å². The number of fused-ring (bicyclic) bond motifs is 1. The lowest BCUT2D eigenvalue weighted by molar-refractivity contribution is 0.415. The first-order valence-electron chi connectivity index (χ1n) is 6.69. The summed E-state index contributed by atoms with van der Waals surface area (Å²) < 4.78 is 6.71. The van der Waals surface area contributed by atoms with Crippen molar-refractivity contribution in [3.63, 3.8) is 0 Å². The van der Waals surface area contributed by atoms with Gasteiger partial charge in [-0.25, -0.2) is 0 Å². The second-order valence-electron chi connectivity index (χ2n) is 5.95. The van der Waals surface area contributed by atoms with Crippen molar-refractivity contribution in [3.8, 4) is 17.1 Å². The van der Waals surface area contributed by atoms with Crippen LogP contribution in [0.1, 0.15) is 26.5 Å². The minimum Gasteiger partial charge on any atom is -0.497 e. The highest BCUT2D eigenvalue weighted by Crippen LogP contribution is 2.31. The summed E-state index contributed by atoms with van der Waals surface area (Å²) in [4.78, 5) is 3.23. The minimum absolute atomic E-state index is 0.119. The van der Waals surface area contributed by atoms with Gasteiger partial charge < -0.3 is 9.72 Å². The zero-order valence-corrected chi connectivity index (χ0v) is 13.2. The van der Waals surface area contributed by atoms with Gasteiger partial charge in [-0.3, -0.25) is 0 Å². The van der Waals surface area contributed by atoms with Crippen molar-refractivity contribution >= 4 is 17.2 Å². The normalized spacial score (nSPS) is 12.0. The molecule has 3 rings (SSSR count). The zero-order chi connectivity index (χ0) is 15.2. The summed E-state index contributed by atoms with van der Waals surface area (Å²) in [5.41, 5.74) is 2.39. The van der Waals surface area contributed by atoms with E-state index in [0.29, 0.717) is 10.7 Å². The van der Waals surface area contributed by atoms with Crippen LogP contribution in [0.2, 0.25) is 5.02 Å². The lowest BCUT2D eigenvalue weighted by Crippen LogP contribution is -2.12. The summed E-state index contributed by atoms with van der Waals surface area (Å²) in [7, 11) is 1.64. The van der Waals surface area contributed by atoms with Crippen LogP contribution in [0.25, 0.3) is 17.0 Å². The van der Waals surface area contributed by atoms with Gasteiger partial charge in [-0.15, -0.1) is 9.73 Å². The van der Waals surface area contributed by atoms with E-state index in [1.54, 1.807) is 11.7 Å². The van der Waals surface area contributed by atoms with Gasteiger partial charge in [0.2, 0.25) is 0 Å². The summed E-state index contributed by atoms with van der Waals surface area (Å²) in [5.74, 6) is 1.53. The fourth-order valence-corrected chi connectivity index (χ4v) is 2.60. The molecule has 2 aromatic heterocycles. The van der Waals surface area contributed by atoms with E-state index in [2.05, 4.69) is 36.0 Å². The number of benzene rings is 1. The number of nitrogens with zero attached hydrogens (tertiary/aromatic N) is 3. The molecule has 0 fully saturated rings. The molecule has 0 amide bonds. The number of rotatable bonds is 2. The molecule has 0 bridgehead atoms. The highest BCUT2D eigenvalue weighted by molar-refractivity contribution is 6.34. The lowest BCUT2D eigenvalue weighted by atomic mass is 9.92. The molecule has 0 aliphatic rings. The molecular formula is C15H17ClN4O. The van der Waals surface area contributed by atoms with Crippen molar-refractivity contribution in [2.24, 2.45) is 0 Å². The number of nitrogens with one attached hydrogen (secondary N) is 1. The number of aromatic amines is 1. The Balaban J connectivity index is 2.05. The standard InChI is InChI=1S/C15H17ClN4O/c1-15(2,3)12-11(16)14-17-13(19-20(14)18-12)9-5-7-10(21-4)8-6-9/h5-8H,1-4H3,(H,17,19). The summed E-state index contributed by atoms with van der Waals surface area (Å²) in [6, 6.07) is 7.66. The molecule has 0 atom stereocenters. The van der Waals surface area contributed by atoms with E-state index in [1.807, 2.05) is 24.3 Å². The first-order chi connectivity index (χ1) is 9.90. The molecular weight excluding hydrogens is 288 g/mol. The monoisotopic (exact) mass is 304 g/mol. The fourth-order valence-electron chi connectivity index (χ4n) is 2.16. The number of aromatic nitrogens is 4. The van der Waals surface area contributed by atoms with Crippen molar-refractivity contribution in [2.75, 3.05) is 7.11 Å². The summed E-state index contributed by atoms with van der Waals surface area (Å²) >= 11 is 6.42. The average molecular weight is 305 g/mol. The molecule has 3 aromatic rings. The molecule has 1 N–H and O–H groups in total. The predicted molar refractivity (Wildman–Crippen MR) is 83.0 cm³/mol. The van der Waals surface area contributed by atoms with Crippen LogP contribution in [0, 0.1) is 0 Å². The van der Waals surface area contributed by atoms with Gasteiger partial charge in [-0.1, -0.05) is 32.4 Å². The Morgan fingerprint density at radius 3 is 2.33 bits per heavy atom. The average Bonchev–Trinajstić information content (AvgIpc) is 2.98. The van der Waals surface area contributed by atoms with E-state index in [1.165, 1.54) is 0 Å². The summed E-state index contributed by atoms with van der Waals surface area (Å²) in [6.45, 7) is 6.22. The Hall–Kier alpha value is -2.01. The molecule has 0 radical (unpaired) electrons. The van der Waals surface area contributed by atoms with Crippen molar-refractivity contribution in [1.29, 1.82) is 0 Å². The third-order valence-corrected chi connectivity index (χ3v) is 3.67. The van der Waals surface area contributed by atoms with E-state index < -0.39 is 0 Å². The van der Waals surface area contributed by atoms with Crippen molar-refractivity contribution in [2.45, 2.75) is 26.2 Å². The molecule has 2 heterocycles. The second kappa shape index (κ2) is 4.77. The van der Waals surface area contributed by atoms with Crippen LogP contribution >= 0.6 is 11.6 Å². The van der Waals surface area contributed by atoms with Gasteiger partial charge in [0.1, 0.15) is 10.8 Å². The topological polar surface area (TPSA) is 55.2 Å². The van der Waals surface area contributed by atoms with E-state index >= 15 is 0 Å². The number of methoxy groups -OCH3 is 1. The Labute approximate surface area is 127 Å².